The van der Waals surface area contributed by atoms with Gasteiger partial charge in [0.15, 0.2) is 0 Å². The summed E-state index contributed by atoms with van der Waals surface area (Å²) in [5.74, 6) is -0.371. The molecule has 0 aliphatic carbocycles. The second kappa shape index (κ2) is 6.97. The molecular weight excluding hydrogens is 289 g/mol. The lowest BCUT2D eigenvalue weighted by Gasteiger charge is -2.23. The first-order valence-corrected chi connectivity index (χ1v) is 8.34. The summed E-state index contributed by atoms with van der Waals surface area (Å²) < 4.78 is 60.8. The van der Waals surface area contributed by atoms with Crippen LogP contribution >= 0.6 is 11.8 Å². The van der Waals surface area contributed by atoms with Crippen molar-refractivity contribution in [2.75, 3.05) is 24.6 Å². The molecule has 0 aromatic rings. The Bertz CT molecular complexity index is 340. The monoisotopic (exact) mass is 306 g/mol. The van der Waals surface area contributed by atoms with E-state index in [9.17, 15) is 21.6 Å². The van der Waals surface area contributed by atoms with Crippen LogP contribution in [0.3, 0.4) is 0 Å². The highest BCUT2D eigenvalue weighted by Crippen LogP contribution is 2.29. The lowest BCUT2D eigenvalue weighted by molar-refractivity contribution is -0.0327. The summed E-state index contributed by atoms with van der Waals surface area (Å²) >= 11 is -0.222. The lowest BCUT2D eigenvalue weighted by atomic mass is 10.1. The Morgan fingerprint density at radius 3 is 2.61 bits per heavy atom. The summed E-state index contributed by atoms with van der Waals surface area (Å²) in [5, 5.41) is 3.09. The number of hydrogen-bond donors (Lipinski definition) is 2. The van der Waals surface area contributed by atoms with E-state index < -0.39 is 15.5 Å². The minimum absolute atomic E-state index is 0.0658. The predicted octanol–water partition coefficient (Wildman–Crippen LogP) is 1.30. The molecule has 1 saturated heterocycles. The fourth-order valence-electron chi connectivity index (χ4n) is 1.75. The van der Waals surface area contributed by atoms with Crippen molar-refractivity contribution in [3.05, 3.63) is 0 Å². The summed E-state index contributed by atoms with van der Waals surface area (Å²) in [5.41, 5.74) is -4.31. The second-order valence-corrected chi connectivity index (χ2v) is 7.13. The van der Waals surface area contributed by atoms with Crippen molar-refractivity contribution in [3.8, 4) is 0 Å². The van der Waals surface area contributed by atoms with Gasteiger partial charge < -0.3 is 5.32 Å². The Balaban J connectivity index is 2.22. The first kappa shape index (κ1) is 16.1. The Morgan fingerprint density at radius 2 is 2.06 bits per heavy atom. The highest BCUT2D eigenvalue weighted by molar-refractivity contribution is 8.00. The summed E-state index contributed by atoms with van der Waals surface area (Å²) in [6.07, 6.45) is 2.81. The van der Waals surface area contributed by atoms with E-state index in [4.69, 9.17) is 0 Å². The van der Waals surface area contributed by atoms with Crippen molar-refractivity contribution in [2.45, 2.75) is 30.8 Å². The van der Waals surface area contributed by atoms with Crippen LogP contribution in [-0.4, -0.2) is 44.6 Å². The molecular formula is C9H17F3N2O2S2. The normalized spacial score (nSPS) is 22.1. The molecule has 2 N–H and O–H groups in total. The number of halogens is 3. The quantitative estimate of drug-likeness (QED) is 0.726. The highest BCUT2D eigenvalue weighted by atomic mass is 32.2. The Kier molecular flexibility index (Phi) is 6.22. The number of rotatable bonds is 6. The molecule has 0 spiro atoms. The van der Waals surface area contributed by atoms with E-state index in [1.165, 1.54) is 0 Å². The van der Waals surface area contributed by atoms with Gasteiger partial charge >= 0.3 is 5.51 Å². The van der Waals surface area contributed by atoms with Crippen LogP contribution in [0.4, 0.5) is 13.2 Å². The third-order valence-corrected chi connectivity index (χ3v) is 4.74. The molecule has 1 aliphatic rings. The zero-order chi connectivity index (χ0) is 13.6. The fraction of sp³-hybridized carbons (Fsp3) is 1.00. The smallest absolute Gasteiger partial charge is 0.313 e. The Hall–Kier alpha value is 0.01000. The maximum absolute atomic E-state index is 11.8. The van der Waals surface area contributed by atoms with Gasteiger partial charge in [-0.2, -0.15) is 13.2 Å². The van der Waals surface area contributed by atoms with Crippen molar-refractivity contribution < 1.29 is 21.6 Å². The molecule has 1 rings (SSSR count). The minimum atomic E-state index is -4.31. The third kappa shape index (κ3) is 7.45. The van der Waals surface area contributed by atoms with E-state index in [0.717, 1.165) is 25.8 Å². The van der Waals surface area contributed by atoms with Crippen LogP contribution in [0.2, 0.25) is 0 Å². The van der Waals surface area contributed by atoms with Crippen molar-refractivity contribution >= 4 is 21.8 Å². The largest absolute Gasteiger partial charge is 0.441 e. The van der Waals surface area contributed by atoms with Gasteiger partial charge in [-0.05, 0) is 31.1 Å². The summed E-state index contributed by atoms with van der Waals surface area (Å²) in [6.45, 7) is 0.601. The molecule has 0 saturated carbocycles. The SMILES string of the molecule is O=S(=O)(CC1CCCCN1)NCCSC(F)(F)F. The van der Waals surface area contributed by atoms with Gasteiger partial charge in [0.2, 0.25) is 10.0 Å². The molecule has 1 aliphatic heterocycles. The number of thioether (sulfide) groups is 1. The van der Waals surface area contributed by atoms with Crippen LogP contribution in [-0.2, 0) is 10.0 Å². The Morgan fingerprint density at radius 1 is 1.33 bits per heavy atom. The lowest BCUT2D eigenvalue weighted by Crippen LogP contribution is -2.43. The van der Waals surface area contributed by atoms with E-state index >= 15 is 0 Å². The average Bonchev–Trinajstić information content (AvgIpc) is 2.24. The predicted molar refractivity (Wildman–Crippen MR) is 65.9 cm³/mol. The topological polar surface area (TPSA) is 58.2 Å². The van der Waals surface area contributed by atoms with Gasteiger partial charge in [0.05, 0.1) is 5.75 Å². The van der Waals surface area contributed by atoms with E-state index in [1.54, 1.807) is 0 Å². The van der Waals surface area contributed by atoms with Crippen molar-refractivity contribution in [1.29, 1.82) is 0 Å². The zero-order valence-electron chi connectivity index (χ0n) is 9.79. The standard InChI is InChI=1S/C9H17F3N2O2S2/c10-9(11,12)17-6-5-14-18(15,16)7-8-3-1-2-4-13-8/h8,13-14H,1-7H2. The average molecular weight is 306 g/mol. The van der Waals surface area contributed by atoms with Crippen LogP contribution in [0.1, 0.15) is 19.3 Å². The fourth-order valence-corrected chi connectivity index (χ4v) is 3.66. The van der Waals surface area contributed by atoms with Crippen LogP contribution in [0.15, 0.2) is 0 Å². The summed E-state index contributed by atoms with van der Waals surface area (Å²) in [6, 6.07) is -0.0912. The van der Waals surface area contributed by atoms with Gasteiger partial charge in [0.1, 0.15) is 0 Å². The molecule has 1 unspecified atom stereocenters. The van der Waals surface area contributed by atoms with E-state index in [0.29, 0.717) is 0 Å². The van der Waals surface area contributed by atoms with Crippen LogP contribution in [0, 0.1) is 0 Å². The number of nitrogens with one attached hydrogen (secondary N) is 2. The van der Waals surface area contributed by atoms with E-state index in [2.05, 4.69) is 10.0 Å². The van der Waals surface area contributed by atoms with Gasteiger partial charge in [-0.15, -0.1) is 0 Å². The molecule has 0 radical (unpaired) electrons. The van der Waals surface area contributed by atoms with Gasteiger partial charge in [-0.3, -0.25) is 0 Å². The molecule has 1 atom stereocenters. The molecule has 9 heteroatoms. The van der Waals surface area contributed by atoms with E-state index in [1.807, 2.05) is 0 Å². The molecule has 0 bridgehead atoms. The molecule has 0 aromatic carbocycles. The van der Waals surface area contributed by atoms with Gasteiger partial charge in [0, 0.05) is 18.3 Å². The van der Waals surface area contributed by atoms with Gasteiger partial charge in [-0.25, -0.2) is 13.1 Å². The number of hydrogen-bond acceptors (Lipinski definition) is 4. The van der Waals surface area contributed by atoms with Crippen LogP contribution < -0.4 is 10.0 Å². The number of piperidine rings is 1. The van der Waals surface area contributed by atoms with Crippen molar-refractivity contribution in [3.63, 3.8) is 0 Å². The van der Waals surface area contributed by atoms with Crippen LogP contribution in [0.25, 0.3) is 0 Å². The third-order valence-electron chi connectivity index (χ3n) is 2.52. The maximum Gasteiger partial charge on any atom is 0.441 e. The van der Waals surface area contributed by atoms with Crippen molar-refractivity contribution in [1.82, 2.24) is 10.0 Å². The number of alkyl halides is 3. The highest BCUT2D eigenvalue weighted by Gasteiger charge is 2.28. The molecule has 0 amide bonds. The van der Waals surface area contributed by atoms with E-state index in [-0.39, 0.29) is 35.9 Å². The minimum Gasteiger partial charge on any atom is -0.313 e. The maximum atomic E-state index is 11.8. The van der Waals surface area contributed by atoms with Gasteiger partial charge in [0.25, 0.3) is 0 Å². The molecule has 1 fully saturated rings. The number of sulfonamides is 1. The van der Waals surface area contributed by atoms with Gasteiger partial charge in [-0.1, -0.05) is 6.42 Å². The molecule has 4 nitrogen and oxygen atoms in total. The summed E-state index contributed by atoms with van der Waals surface area (Å²) in [7, 11) is -3.49. The molecule has 1 heterocycles. The first-order chi connectivity index (χ1) is 8.29. The Labute approximate surface area is 109 Å². The van der Waals surface area contributed by atoms with Crippen LogP contribution in [0.5, 0.6) is 0 Å². The molecule has 18 heavy (non-hydrogen) atoms. The first-order valence-electron chi connectivity index (χ1n) is 5.70. The van der Waals surface area contributed by atoms with Crippen molar-refractivity contribution in [2.24, 2.45) is 0 Å². The molecule has 108 valence electrons. The second-order valence-electron chi connectivity index (χ2n) is 4.12. The summed E-state index contributed by atoms with van der Waals surface area (Å²) in [4.78, 5) is 0. The molecule has 0 aromatic heterocycles. The zero-order valence-corrected chi connectivity index (χ0v) is 11.4.